The van der Waals surface area contributed by atoms with Crippen molar-refractivity contribution in [3.63, 3.8) is 0 Å². The highest BCUT2D eigenvalue weighted by Gasteiger charge is 2.29. The van der Waals surface area contributed by atoms with Crippen molar-refractivity contribution in [2.45, 2.75) is 59.4 Å². The number of hydrogen-bond donors (Lipinski definition) is 0. The molecule has 1 fully saturated rings. The van der Waals surface area contributed by atoms with E-state index in [9.17, 15) is 4.79 Å². The summed E-state index contributed by atoms with van der Waals surface area (Å²) in [5.74, 6) is 0. The molecule has 2 aromatic carbocycles. The zero-order chi connectivity index (χ0) is 22.9. The van der Waals surface area contributed by atoms with Crippen LogP contribution in [0.25, 0.3) is 6.08 Å². The molecular weight excluding hydrogens is 394 g/mol. The van der Waals surface area contributed by atoms with E-state index < -0.39 is 0 Å². The predicted molar refractivity (Wildman–Crippen MR) is 134 cm³/mol. The first-order chi connectivity index (χ1) is 15.5. The first-order valence-corrected chi connectivity index (χ1v) is 12.0. The van der Waals surface area contributed by atoms with Gasteiger partial charge in [0.15, 0.2) is 0 Å². The molecule has 1 aliphatic heterocycles. The topological polar surface area (TPSA) is 26.8 Å². The molecular formula is C28H39N3O. The summed E-state index contributed by atoms with van der Waals surface area (Å²) in [4.78, 5) is 18.2. The lowest BCUT2D eigenvalue weighted by Gasteiger charge is -2.44. The van der Waals surface area contributed by atoms with Gasteiger partial charge in [0.1, 0.15) is 6.29 Å². The molecule has 4 nitrogen and oxygen atoms in total. The fraction of sp³-hybridized carbons (Fsp3) is 0.464. The van der Waals surface area contributed by atoms with Crippen molar-refractivity contribution in [1.29, 1.82) is 0 Å². The van der Waals surface area contributed by atoms with Crippen LogP contribution in [0.1, 0.15) is 49.9 Å². The molecule has 0 N–H and O–H groups in total. The largest absolute Gasteiger partial charge is 0.300 e. The number of hydrogen-bond acceptors (Lipinski definition) is 4. The molecule has 32 heavy (non-hydrogen) atoms. The van der Waals surface area contributed by atoms with Crippen LogP contribution in [0.5, 0.6) is 0 Å². The van der Waals surface area contributed by atoms with E-state index in [4.69, 9.17) is 0 Å². The second-order valence-corrected chi connectivity index (χ2v) is 9.08. The maximum absolute atomic E-state index is 10.5. The minimum absolute atomic E-state index is 0.507. The van der Waals surface area contributed by atoms with Gasteiger partial charge in [-0.05, 0) is 55.3 Å². The first kappa shape index (κ1) is 24.4. The summed E-state index contributed by atoms with van der Waals surface area (Å²) in [6.07, 6.45) is 4.20. The number of carbonyl (C=O) groups excluding carboxylic acids is 1. The fourth-order valence-electron chi connectivity index (χ4n) is 4.79. The molecule has 0 amide bonds. The Kier molecular flexibility index (Phi) is 9.22. The zero-order valence-electron chi connectivity index (χ0n) is 20.2. The molecule has 0 radical (unpaired) electrons. The third-order valence-electron chi connectivity index (χ3n) is 6.59. The van der Waals surface area contributed by atoms with Crippen LogP contribution in [-0.2, 0) is 24.4 Å². The van der Waals surface area contributed by atoms with Crippen molar-refractivity contribution in [2.75, 3.05) is 26.2 Å². The lowest BCUT2D eigenvalue weighted by atomic mass is 10.0. The average molecular weight is 434 g/mol. The molecule has 2 atom stereocenters. The number of rotatable bonds is 10. The fourth-order valence-corrected chi connectivity index (χ4v) is 4.79. The number of carbonyl (C=O) groups is 1. The molecule has 2 aromatic rings. The molecule has 1 heterocycles. The molecule has 3 rings (SSSR count). The Hall–Kier alpha value is -2.27. The summed E-state index contributed by atoms with van der Waals surface area (Å²) in [6.45, 7) is 16.5. The number of benzene rings is 2. The molecule has 2 unspecified atom stereocenters. The van der Waals surface area contributed by atoms with Gasteiger partial charge in [0, 0.05) is 44.8 Å². The molecule has 172 valence electrons. The maximum Gasteiger partial charge on any atom is 0.142 e. The Morgan fingerprint density at radius 2 is 1.56 bits per heavy atom. The van der Waals surface area contributed by atoms with Gasteiger partial charge in [-0.15, -0.1) is 0 Å². The van der Waals surface area contributed by atoms with Crippen LogP contribution in [0, 0.1) is 0 Å². The van der Waals surface area contributed by atoms with Gasteiger partial charge >= 0.3 is 0 Å². The summed E-state index contributed by atoms with van der Waals surface area (Å²) in [5.41, 5.74) is 5.22. The van der Waals surface area contributed by atoms with E-state index in [2.05, 4.69) is 90.9 Å². The van der Waals surface area contributed by atoms with E-state index in [1.165, 1.54) is 22.8 Å². The molecule has 4 heteroatoms. The lowest BCUT2D eigenvalue weighted by molar-refractivity contribution is -0.104. The summed E-state index contributed by atoms with van der Waals surface area (Å²) in [7, 11) is 0. The van der Waals surface area contributed by atoms with Crippen LogP contribution in [0.15, 0.2) is 54.6 Å². The molecule has 1 aliphatic rings. The van der Waals surface area contributed by atoms with E-state index in [1.54, 1.807) is 0 Å². The van der Waals surface area contributed by atoms with Gasteiger partial charge in [-0.1, -0.05) is 68.5 Å². The Labute approximate surface area is 194 Å². The summed E-state index contributed by atoms with van der Waals surface area (Å²) in [6, 6.07) is 18.7. The van der Waals surface area contributed by atoms with Gasteiger partial charge < -0.3 is 0 Å². The summed E-state index contributed by atoms with van der Waals surface area (Å²) in [5, 5.41) is 0. The van der Waals surface area contributed by atoms with Crippen LogP contribution in [-0.4, -0.2) is 59.2 Å². The molecule has 0 aromatic heterocycles. The van der Waals surface area contributed by atoms with E-state index >= 15 is 0 Å². The zero-order valence-corrected chi connectivity index (χ0v) is 20.2. The number of nitrogens with zero attached hydrogens (tertiary/aromatic N) is 3. The van der Waals surface area contributed by atoms with Crippen LogP contribution >= 0.6 is 0 Å². The van der Waals surface area contributed by atoms with Gasteiger partial charge in [0.25, 0.3) is 0 Å². The van der Waals surface area contributed by atoms with Crippen molar-refractivity contribution < 1.29 is 4.79 Å². The van der Waals surface area contributed by atoms with E-state index in [-0.39, 0.29) is 0 Å². The Bertz CT molecular complexity index is 861. The molecule has 0 spiro atoms. The number of aldehydes is 1. The second kappa shape index (κ2) is 12.1. The van der Waals surface area contributed by atoms with E-state index in [1.807, 2.05) is 6.08 Å². The monoisotopic (exact) mass is 433 g/mol. The van der Waals surface area contributed by atoms with Gasteiger partial charge in [0.05, 0.1) is 0 Å². The SMILES string of the molecule is CCN(CC)Cc1cccc(CN2CC(C)N(Cc3ccc(/C=C/C=O)cc3)C(C)C2)c1. The van der Waals surface area contributed by atoms with Crippen LogP contribution < -0.4 is 0 Å². The quantitative estimate of drug-likeness (QED) is 0.396. The van der Waals surface area contributed by atoms with E-state index in [0.717, 1.165) is 57.7 Å². The number of piperazine rings is 1. The van der Waals surface area contributed by atoms with Gasteiger partial charge in [-0.2, -0.15) is 0 Å². The average Bonchev–Trinajstić information content (AvgIpc) is 2.79. The van der Waals surface area contributed by atoms with Crippen LogP contribution in [0.4, 0.5) is 0 Å². The van der Waals surface area contributed by atoms with Crippen molar-refractivity contribution in [3.8, 4) is 0 Å². The normalized spacial score (nSPS) is 20.3. The minimum atomic E-state index is 0.507. The van der Waals surface area contributed by atoms with E-state index in [0.29, 0.717) is 12.1 Å². The highest BCUT2D eigenvalue weighted by Crippen LogP contribution is 2.21. The van der Waals surface area contributed by atoms with Gasteiger partial charge in [0.2, 0.25) is 0 Å². The molecule has 0 aliphatic carbocycles. The minimum Gasteiger partial charge on any atom is -0.300 e. The van der Waals surface area contributed by atoms with Crippen LogP contribution in [0.2, 0.25) is 0 Å². The van der Waals surface area contributed by atoms with Crippen LogP contribution in [0.3, 0.4) is 0 Å². The first-order valence-electron chi connectivity index (χ1n) is 12.0. The van der Waals surface area contributed by atoms with Gasteiger partial charge in [-0.25, -0.2) is 0 Å². The van der Waals surface area contributed by atoms with Crippen molar-refractivity contribution in [3.05, 3.63) is 76.9 Å². The number of allylic oxidation sites excluding steroid dienone is 1. The molecule has 0 bridgehead atoms. The summed E-state index contributed by atoms with van der Waals surface area (Å²) < 4.78 is 0. The highest BCUT2D eigenvalue weighted by atomic mass is 16.1. The summed E-state index contributed by atoms with van der Waals surface area (Å²) >= 11 is 0. The third kappa shape index (κ3) is 6.86. The van der Waals surface area contributed by atoms with Crippen molar-refractivity contribution in [2.24, 2.45) is 0 Å². The third-order valence-corrected chi connectivity index (χ3v) is 6.59. The standard InChI is InChI=1S/C28H39N3O/c1-5-29(6-2)20-27-9-7-10-28(17-27)21-30-18-23(3)31(24(4)19-30)22-26-14-12-25(13-15-26)11-8-16-32/h7-17,23-24H,5-6,18-22H2,1-4H3/b11-8+. The Balaban J connectivity index is 1.58. The van der Waals surface area contributed by atoms with Crippen molar-refractivity contribution in [1.82, 2.24) is 14.7 Å². The predicted octanol–water partition coefficient (Wildman–Crippen LogP) is 4.84. The Morgan fingerprint density at radius 3 is 2.19 bits per heavy atom. The van der Waals surface area contributed by atoms with Crippen molar-refractivity contribution >= 4 is 12.4 Å². The lowest BCUT2D eigenvalue weighted by Crippen LogP contribution is -2.55. The second-order valence-electron chi connectivity index (χ2n) is 9.08. The molecule has 0 saturated carbocycles. The highest BCUT2D eigenvalue weighted by molar-refractivity contribution is 5.73. The maximum atomic E-state index is 10.5. The smallest absolute Gasteiger partial charge is 0.142 e. The molecule has 1 saturated heterocycles. The van der Waals surface area contributed by atoms with Gasteiger partial charge in [-0.3, -0.25) is 19.5 Å². The Morgan fingerprint density at radius 1 is 0.906 bits per heavy atom.